The number of carbonyl (C=O) groups excluding carboxylic acids is 1. The van der Waals surface area contributed by atoms with E-state index in [2.05, 4.69) is 14.9 Å². The van der Waals surface area contributed by atoms with Gasteiger partial charge in [-0.15, -0.1) is 0 Å². The summed E-state index contributed by atoms with van der Waals surface area (Å²) >= 11 is 0. The van der Waals surface area contributed by atoms with Crippen LogP contribution in [0.15, 0.2) is 71.6 Å². The van der Waals surface area contributed by atoms with E-state index in [1.165, 1.54) is 31.2 Å². The summed E-state index contributed by atoms with van der Waals surface area (Å²) in [4.78, 5) is 16.8. The molecule has 0 aliphatic carbocycles. The van der Waals surface area contributed by atoms with Crippen LogP contribution in [0, 0.1) is 26.2 Å². The number of benzene rings is 3. The molecule has 0 spiro atoms. The number of halogens is 1. The Morgan fingerprint density at radius 2 is 1.68 bits per heavy atom. The van der Waals surface area contributed by atoms with Gasteiger partial charge >= 0.3 is 0 Å². The summed E-state index contributed by atoms with van der Waals surface area (Å²) < 4.78 is 42.1. The topological polar surface area (TPSA) is 79.6 Å². The molecule has 0 heterocycles. The zero-order valence-corrected chi connectivity index (χ0v) is 20.0. The maximum absolute atomic E-state index is 13.4. The Kier molecular flexibility index (Phi) is 7.50. The SMILES string of the molecule is [C-]#[N+]c1ccc(NC(=O)[C@@](C)(CCc2ccc(F)cc2)NS(=O)(=O)c2ccc(C)cc2)cc1C. The summed E-state index contributed by atoms with van der Waals surface area (Å²) in [7, 11) is -4.01. The molecule has 1 amide bonds. The van der Waals surface area contributed by atoms with Gasteiger partial charge in [0.2, 0.25) is 15.9 Å². The third-order valence-electron chi connectivity index (χ3n) is 5.59. The Bertz CT molecular complexity index is 1330. The maximum atomic E-state index is 13.4. The molecule has 34 heavy (non-hydrogen) atoms. The van der Waals surface area contributed by atoms with E-state index in [-0.39, 0.29) is 17.1 Å². The van der Waals surface area contributed by atoms with E-state index in [0.717, 1.165) is 11.1 Å². The van der Waals surface area contributed by atoms with Crippen LogP contribution < -0.4 is 10.0 Å². The molecule has 0 fully saturated rings. The van der Waals surface area contributed by atoms with Gasteiger partial charge in [-0.2, -0.15) is 4.72 Å². The van der Waals surface area contributed by atoms with Gasteiger partial charge in [0.25, 0.3) is 0 Å². The smallest absolute Gasteiger partial charge is 0.245 e. The molecule has 0 saturated heterocycles. The number of hydrogen-bond acceptors (Lipinski definition) is 3. The molecule has 0 radical (unpaired) electrons. The van der Waals surface area contributed by atoms with Crippen LogP contribution in [0.25, 0.3) is 4.85 Å². The highest BCUT2D eigenvalue weighted by molar-refractivity contribution is 7.89. The second kappa shape index (κ2) is 10.2. The van der Waals surface area contributed by atoms with Crippen LogP contribution in [0.4, 0.5) is 15.8 Å². The summed E-state index contributed by atoms with van der Waals surface area (Å²) in [5.74, 6) is -0.914. The minimum atomic E-state index is -4.01. The van der Waals surface area contributed by atoms with E-state index < -0.39 is 21.5 Å². The number of aryl methyl sites for hydroxylation is 3. The van der Waals surface area contributed by atoms with E-state index in [4.69, 9.17) is 6.57 Å². The number of nitrogens with zero attached hydrogens (tertiary/aromatic N) is 1. The Balaban J connectivity index is 1.90. The third kappa shape index (κ3) is 6.07. The Morgan fingerprint density at radius 3 is 2.26 bits per heavy atom. The van der Waals surface area contributed by atoms with Crippen LogP contribution in [-0.2, 0) is 21.2 Å². The predicted molar refractivity (Wildman–Crippen MR) is 131 cm³/mol. The molecule has 2 N–H and O–H groups in total. The maximum Gasteiger partial charge on any atom is 0.245 e. The molecule has 0 saturated carbocycles. The van der Waals surface area contributed by atoms with E-state index in [1.54, 1.807) is 49.4 Å². The van der Waals surface area contributed by atoms with Gasteiger partial charge < -0.3 is 5.32 Å². The Labute approximate surface area is 199 Å². The highest BCUT2D eigenvalue weighted by Gasteiger charge is 2.37. The number of nitrogens with one attached hydrogen (secondary N) is 2. The van der Waals surface area contributed by atoms with Crippen molar-refractivity contribution in [2.75, 3.05) is 5.32 Å². The fourth-order valence-electron chi connectivity index (χ4n) is 3.46. The largest absolute Gasteiger partial charge is 0.325 e. The minimum Gasteiger partial charge on any atom is -0.325 e. The van der Waals surface area contributed by atoms with Crippen molar-refractivity contribution >= 4 is 27.3 Å². The number of carbonyl (C=O) groups is 1. The lowest BCUT2D eigenvalue weighted by molar-refractivity contribution is -0.121. The van der Waals surface area contributed by atoms with Crippen LogP contribution in [0.2, 0.25) is 0 Å². The summed E-state index contributed by atoms with van der Waals surface area (Å²) in [5, 5.41) is 2.77. The first-order valence-electron chi connectivity index (χ1n) is 10.7. The lowest BCUT2D eigenvalue weighted by Crippen LogP contribution is -2.54. The van der Waals surface area contributed by atoms with Gasteiger partial charge in [-0.25, -0.2) is 17.7 Å². The number of hydrogen-bond donors (Lipinski definition) is 2. The van der Waals surface area contributed by atoms with Gasteiger partial charge in [-0.3, -0.25) is 4.79 Å². The van der Waals surface area contributed by atoms with Gasteiger partial charge in [0.1, 0.15) is 11.4 Å². The first-order chi connectivity index (χ1) is 16.0. The second-order valence-corrected chi connectivity index (χ2v) is 10.1. The molecule has 6 nitrogen and oxygen atoms in total. The molecule has 3 rings (SSSR count). The number of amides is 1. The van der Waals surface area contributed by atoms with Crippen molar-refractivity contribution in [3.05, 3.63) is 101 Å². The lowest BCUT2D eigenvalue weighted by Gasteiger charge is -2.29. The molecular formula is C26H26FN3O3S. The van der Waals surface area contributed by atoms with Gasteiger partial charge in [-0.05, 0) is 81.1 Å². The molecule has 0 aliphatic rings. The van der Waals surface area contributed by atoms with Crippen molar-refractivity contribution in [1.29, 1.82) is 0 Å². The van der Waals surface area contributed by atoms with Crippen molar-refractivity contribution in [1.82, 2.24) is 4.72 Å². The standard InChI is InChI=1S/C26H26FN3O3S/c1-18-5-12-23(13-6-18)34(32,33)30-26(3,16-15-20-7-9-21(27)10-8-20)25(31)29-22-11-14-24(28-4)19(2)17-22/h5-14,17,30H,15-16H2,1-3H3,(H,29,31)/t26-/m1/s1. The molecule has 8 heteroatoms. The van der Waals surface area contributed by atoms with Gasteiger partial charge in [0.15, 0.2) is 5.69 Å². The van der Waals surface area contributed by atoms with Gasteiger partial charge in [0, 0.05) is 5.69 Å². The molecule has 3 aromatic rings. The van der Waals surface area contributed by atoms with Crippen LogP contribution in [0.1, 0.15) is 30.0 Å². The van der Waals surface area contributed by atoms with E-state index in [1.807, 2.05) is 6.92 Å². The van der Waals surface area contributed by atoms with Crippen LogP contribution in [-0.4, -0.2) is 19.9 Å². The summed E-state index contributed by atoms with van der Waals surface area (Å²) in [6.07, 6.45) is 0.477. The number of sulfonamides is 1. The van der Waals surface area contributed by atoms with Crippen molar-refractivity contribution in [3.63, 3.8) is 0 Å². The van der Waals surface area contributed by atoms with Crippen molar-refractivity contribution in [3.8, 4) is 0 Å². The van der Waals surface area contributed by atoms with E-state index in [0.29, 0.717) is 23.4 Å². The first-order valence-corrected chi connectivity index (χ1v) is 12.2. The highest BCUT2D eigenvalue weighted by atomic mass is 32.2. The minimum absolute atomic E-state index is 0.0520. The quantitative estimate of drug-likeness (QED) is 0.430. The second-order valence-electron chi connectivity index (χ2n) is 8.44. The van der Waals surface area contributed by atoms with Crippen LogP contribution >= 0.6 is 0 Å². The lowest BCUT2D eigenvalue weighted by atomic mass is 9.93. The first kappa shape index (κ1) is 25.1. The fourth-order valence-corrected chi connectivity index (χ4v) is 4.86. The molecule has 0 aromatic heterocycles. The van der Waals surface area contributed by atoms with Crippen LogP contribution in [0.3, 0.4) is 0 Å². The molecular weight excluding hydrogens is 453 g/mol. The molecule has 0 aliphatic heterocycles. The van der Waals surface area contributed by atoms with E-state index in [9.17, 15) is 17.6 Å². The third-order valence-corrected chi connectivity index (χ3v) is 7.21. The number of rotatable bonds is 8. The highest BCUT2D eigenvalue weighted by Crippen LogP contribution is 2.25. The molecule has 3 aromatic carbocycles. The molecule has 176 valence electrons. The Hall–Kier alpha value is -3.54. The zero-order valence-electron chi connectivity index (χ0n) is 19.2. The predicted octanol–water partition coefficient (Wildman–Crippen LogP) is 5.30. The fraction of sp³-hybridized carbons (Fsp3) is 0.231. The molecule has 0 bridgehead atoms. The zero-order chi connectivity index (χ0) is 24.9. The number of anilines is 1. The Morgan fingerprint density at radius 1 is 1.03 bits per heavy atom. The average Bonchev–Trinajstić information content (AvgIpc) is 2.79. The average molecular weight is 480 g/mol. The monoisotopic (exact) mass is 479 g/mol. The van der Waals surface area contributed by atoms with E-state index >= 15 is 0 Å². The van der Waals surface area contributed by atoms with Crippen LogP contribution in [0.5, 0.6) is 0 Å². The summed E-state index contributed by atoms with van der Waals surface area (Å²) in [6, 6.07) is 17.1. The normalized spacial score (nSPS) is 13.0. The van der Waals surface area contributed by atoms with Crippen molar-refractivity contribution in [2.24, 2.45) is 0 Å². The molecule has 0 unspecified atom stereocenters. The van der Waals surface area contributed by atoms with Crippen molar-refractivity contribution in [2.45, 2.75) is 44.0 Å². The van der Waals surface area contributed by atoms with Gasteiger partial charge in [0.05, 0.1) is 11.5 Å². The summed E-state index contributed by atoms with van der Waals surface area (Å²) in [5.41, 5.74) is 1.79. The van der Waals surface area contributed by atoms with Gasteiger partial charge in [-0.1, -0.05) is 35.9 Å². The molecule has 1 atom stereocenters. The van der Waals surface area contributed by atoms with Crippen molar-refractivity contribution < 1.29 is 17.6 Å². The summed E-state index contributed by atoms with van der Waals surface area (Å²) in [6.45, 7) is 12.3.